The van der Waals surface area contributed by atoms with Crippen molar-refractivity contribution in [2.45, 2.75) is 95.1 Å². The van der Waals surface area contributed by atoms with Crippen LogP contribution in [-0.2, 0) is 23.1 Å². The number of nitrogen functional groups attached to an aromatic ring is 1. The summed E-state index contributed by atoms with van der Waals surface area (Å²) < 4.78 is 12.7. The smallest absolute Gasteiger partial charge is 0.228 e. The zero-order valence-corrected chi connectivity index (χ0v) is 25.1. The Kier molecular flexibility index (Phi) is 6.94. The van der Waals surface area contributed by atoms with Gasteiger partial charge in [-0.15, -0.1) is 11.3 Å². The molecule has 0 saturated carbocycles. The lowest BCUT2D eigenvalue weighted by molar-refractivity contribution is -0.119. The van der Waals surface area contributed by atoms with Crippen molar-refractivity contribution >= 4 is 28.1 Å². The van der Waals surface area contributed by atoms with E-state index in [0.29, 0.717) is 52.8 Å². The Bertz CT molecular complexity index is 1570. The number of piperidine rings is 1. The fourth-order valence-electron chi connectivity index (χ4n) is 7.78. The van der Waals surface area contributed by atoms with E-state index in [1.165, 1.54) is 16.2 Å². The van der Waals surface area contributed by atoms with Crippen LogP contribution in [0.2, 0.25) is 0 Å². The number of anilines is 2. The van der Waals surface area contributed by atoms with Crippen LogP contribution in [0.3, 0.4) is 0 Å². The highest BCUT2D eigenvalue weighted by atomic mass is 32.1. The molecule has 5 heterocycles. The molecule has 220 valence electrons. The van der Waals surface area contributed by atoms with E-state index in [-0.39, 0.29) is 12.0 Å². The fourth-order valence-corrected chi connectivity index (χ4v) is 8.94. The van der Waals surface area contributed by atoms with Crippen LogP contribution in [0.5, 0.6) is 5.88 Å². The second-order valence-electron chi connectivity index (χ2n) is 12.3. The van der Waals surface area contributed by atoms with Gasteiger partial charge in [0.1, 0.15) is 23.0 Å². The van der Waals surface area contributed by atoms with E-state index in [1.807, 2.05) is 0 Å². The Morgan fingerprint density at radius 3 is 2.76 bits per heavy atom. The summed E-state index contributed by atoms with van der Waals surface area (Å²) in [5, 5.41) is 15.2. The van der Waals surface area contributed by atoms with Crippen LogP contribution in [0.25, 0.3) is 11.5 Å². The molecule has 3 atom stereocenters. The van der Waals surface area contributed by atoms with Crippen molar-refractivity contribution in [3.63, 3.8) is 0 Å². The lowest BCUT2D eigenvalue weighted by Crippen LogP contribution is -2.38. The lowest BCUT2D eigenvalue weighted by atomic mass is 9.63. The molecule has 0 radical (unpaired) electrons. The summed E-state index contributed by atoms with van der Waals surface area (Å²) in [6.45, 7) is 3.76. The van der Waals surface area contributed by atoms with Crippen molar-refractivity contribution in [3.05, 3.63) is 33.4 Å². The number of likely N-dealkylation sites (N-methyl/N-ethyl adjacent to an activating group) is 1. The zero-order valence-electron chi connectivity index (χ0n) is 24.3. The number of nitrogens with zero attached hydrogens (tertiary/aromatic N) is 6. The Morgan fingerprint density at radius 1 is 1.17 bits per heavy atom. The summed E-state index contributed by atoms with van der Waals surface area (Å²) in [6, 6.07) is 4.49. The maximum Gasteiger partial charge on any atom is 0.228 e. The van der Waals surface area contributed by atoms with Gasteiger partial charge in [-0.1, -0.05) is 5.16 Å². The molecular formula is C31H37N7O3S. The fraction of sp³-hybridized carbons (Fsp3) is 0.581. The predicted molar refractivity (Wildman–Crippen MR) is 160 cm³/mol. The first-order valence-corrected chi connectivity index (χ1v) is 16.1. The highest BCUT2D eigenvalue weighted by Crippen LogP contribution is 2.55. The van der Waals surface area contributed by atoms with Crippen LogP contribution < -0.4 is 15.4 Å². The number of hydrogen-bond donors (Lipinski definition) is 1. The summed E-state index contributed by atoms with van der Waals surface area (Å²) in [6.07, 6.45) is 9.88. The molecule has 0 aromatic carbocycles. The molecule has 2 aliphatic heterocycles. The number of amides is 1. The SMILES string of the molecule is C[C@H](Oc1cc(N2CCCCC2=O)nc(-c2noc3c2CCC[C@@]32CCCc3sc(N)c(C#N)c32)n1)[C@@H]1CCCN1C. The number of aryl methyl sites for hydroxylation is 1. The zero-order chi connectivity index (χ0) is 29.0. The third-order valence-electron chi connectivity index (χ3n) is 9.79. The van der Waals surface area contributed by atoms with Crippen LogP contribution in [0.15, 0.2) is 10.6 Å². The average molecular weight is 588 g/mol. The topological polar surface area (TPSA) is 134 Å². The van der Waals surface area contributed by atoms with Crippen LogP contribution in [0, 0.1) is 11.3 Å². The van der Waals surface area contributed by atoms with E-state index in [9.17, 15) is 10.1 Å². The first-order chi connectivity index (χ1) is 20.4. The maximum absolute atomic E-state index is 12.9. The molecule has 2 aliphatic carbocycles. The second-order valence-corrected chi connectivity index (χ2v) is 13.4. The summed E-state index contributed by atoms with van der Waals surface area (Å²) in [5.41, 5.74) is 9.11. The van der Waals surface area contributed by atoms with Gasteiger partial charge in [-0.3, -0.25) is 14.6 Å². The number of ether oxygens (including phenoxy) is 1. The average Bonchev–Trinajstić information content (AvgIpc) is 3.70. The minimum absolute atomic E-state index is 0.0652. The first kappa shape index (κ1) is 27.3. The number of aromatic nitrogens is 3. The molecule has 7 rings (SSSR count). The molecule has 3 aromatic heterocycles. The number of likely N-dealkylation sites (tertiary alicyclic amines) is 1. The van der Waals surface area contributed by atoms with Crippen LogP contribution in [0.1, 0.15) is 92.0 Å². The lowest BCUT2D eigenvalue weighted by Gasteiger charge is -2.39. The predicted octanol–water partition coefficient (Wildman–Crippen LogP) is 4.98. The number of rotatable bonds is 5. The molecule has 1 spiro atoms. The van der Waals surface area contributed by atoms with Gasteiger partial charge < -0.3 is 15.0 Å². The monoisotopic (exact) mass is 587 g/mol. The molecule has 11 heteroatoms. The number of nitriles is 1. The van der Waals surface area contributed by atoms with E-state index >= 15 is 0 Å². The third kappa shape index (κ3) is 4.38. The minimum Gasteiger partial charge on any atom is -0.473 e. The Morgan fingerprint density at radius 2 is 2.00 bits per heavy atom. The molecular weight excluding hydrogens is 550 g/mol. The number of carbonyl (C=O) groups excluding carboxylic acids is 1. The molecule has 1 amide bonds. The number of fused-ring (bicyclic) bond motifs is 4. The van der Waals surface area contributed by atoms with Gasteiger partial charge in [-0.05, 0) is 90.3 Å². The molecule has 10 nitrogen and oxygen atoms in total. The number of hydrogen-bond acceptors (Lipinski definition) is 10. The van der Waals surface area contributed by atoms with Gasteiger partial charge in [-0.25, -0.2) is 4.98 Å². The maximum atomic E-state index is 12.9. The van der Waals surface area contributed by atoms with Gasteiger partial charge in [0, 0.05) is 35.5 Å². The highest BCUT2D eigenvalue weighted by Gasteiger charge is 2.49. The van der Waals surface area contributed by atoms with Crippen molar-refractivity contribution in [2.24, 2.45) is 0 Å². The van der Waals surface area contributed by atoms with Gasteiger partial charge in [0.05, 0.1) is 11.0 Å². The van der Waals surface area contributed by atoms with Gasteiger partial charge in [0.15, 0.2) is 17.3 Å². The summed E-state index contributed by atoms with van der Waals surface area (Å²) in [5.74, 6) is 2.28. The van der Waals surface area contributed by atoms with Crippen molar-refractivity contribution in [1.82, 2.24) is 20.0 Å². The van der Waals surface area contributed by atoms with Crippen molar-refractivity contribution in [1.29, 1.82) is 5.26 Å². The minimum atomic E-state index is -0.424. The highest BCUT2D eigenvalue weighted by molar-refractivity contribution is 7.16. The van der Waals surface area contributed by atoms with E-state index in [1.54, 1.807) is 11.0 Å². The molecule has 2 N–H and O–H groups in total. The standard InChI is InChI=1S/C31H37N7O3S/c1-18(21-9-7-14-37(21)2)40-24-16-23(38-15-4-3-11-25(38)39)34-30(35-24)27-19-8-5-12-31(28(19)41-36-27)13-6-10-22-26(31)20(17-32)29(33)42-22/h16,18,21H,3-15,33H2,1-2H3/t18-,21-,31-/m0/s1. The van der Waals surface area contributed by atoms with E-state index in [2.05, 4.69) is 30.1 Å². The van der Waals surface area contributed by atoms with Gasteiger partial charge in [0.2, 0.25) is 11.8 Å². The molecule has 2 saturated heterocycles. The summed E-state index contributed by atoms with van der Waals surface area (Å²) in [4.78, 5) is 28.0. The molecule has 42 heavy (non-hydrogen) atoms. The van der Waals surface area contributed by atoms with Crippen LogP contribution >= 0.6 is 11.3 Å². The van der Waals surface area contributed by atoms with Gasteiger partial charge in [-0.2, -0.15) is 10.2 Å². The third-order valence-corrected chi connectivity index (χ3v) is 10.9. The van der Waals surface area contributed by atoms with E-state index in [0.717, 1.165) is 87.6 Å². The van der Waals surface area contributed by atoms with E-state index in [4.69, 9.17) is 25.0 Å². The summed E-state index contributed by atoms with van der Waals surface area (Å²) in [7, 11) is 2.13. The number of thiophene rings is 1. The molecule has 4 aliphatic rings. The van der Waals surface area contributed by atoms with Gasteiger partial charge in [0.25, 0.3) is 0 Å². The number of carbonyl (C=O) groups is 1. The quantitative estimate of drug-likeness (QED) is 0.438. The molecule has 0 unspecified atom stereocenters. The summed E-state index contributed by atoms with van der Waals surface area (Å²) >= 11 is 1.53. The van der Waals surface area contributed by atoms with Crippen molar-refractivity contribution in [2.75, 3.05) is 30.8 Å². The van der Waals surface area contributed by atoms with Gasteiger partial charge >= 0.3 is 0 Å². The Balaban J connectivity index is 1.32. The number of nitrogens with two attached hydrogens (primary N) is 1. The van der Waals surface area contributed by atoms with E-state index < -0.39 is 5.41 Å². The second kappa shape index (κ2) is 10.7. The molecule has 0 bridgehead atoms. The molecule has 2 fully saturated rings. The normalized spacial score (nSPS) is 24.8. The van der Waals surface area contributed by atoms with Crippen molar-refractivity contribution in [3.8, 4) is 23.5 Å². The Labute approximate surface area is 249 Å². The molecule has 3 aromatic rings. The Hall–Kier alpha value is -3.49. The largest absolute Gasteiger partial charge is 0.473 e. The first-order valence-electron chi connectivity index (χ1n) is 15.3. The van der Waals surface area contributed by atoms with Crippen molar-refractivity contribution < 1.29 is 14.1 Å². The van der Waals surface area contributed by atoms with Crippen LogP contribution in [-0.4, -0.2) is 58.2 Å². The van der Waals surface area contributed by atoms with Crippen LogP contribution in [0.4, 0.5) is 10.8 Å².